The molecule has 1 heterocycles. The molecule has 0 saturated carbocycles. The Labute approximate surface area is 208 Å². The number of amides is 2. The number of unbranched alkanes of at least 4 members (excludes halogenated alkanes) is 2. The Bertz CT molecular complexity index is 1200. The minimum Gasteiger partial charge on any atom is -0.493 e. The Balaban J connectivity index is 1.50. The lowest BCUT2D eigenvalue weighted by molar-refractivity contribution is -0.118. The molecule has 0 aliphatic heterocycles. The van der Waals surface area contributed by atoms with Crippen LogP contribution in [0.2, 0.25) is 0 Å². The molecule has 2 N–H and O–H groups in total. The van der Waals surface area contributed by atoms with E-state index in [9.17, 15) is 14.7 Å². The minimum atomic E-state index is -0.325. The van der Waals surface area contributed by atoms with Crippen molar-refractivity contribution in [3.8, 4) is 5.88 Å². The van der Waals surface area contributed by atoms with Crippen molar-refractivity contribution in [2.24, 2.45) is 16.1 Å². The number of aryl methyl sites for hydroxylation is 1. The van der Waals surface area contributed by atoms with Gasteiger partial charge in [-0.2, -0.15) is 0 Å². The SMILES string of the molecule is Cc1ccc2c(c1)c(N=NC(=O)CCCCCNC(=O)c1ccccc1Br)c(O)n2CC(C)C. The molecule has 0 aliphatic carbocycles. The number of hydrogen-bond donors (Lipinski definition) is 2. The summed E-state index contributed by atoms with van der Waals surface area (Å²) in [6.07, 6.45) is 2.48. The fourth-order valence-corrected chi connectivity index (χ4v) is 4.23. The third-order valence-electron chi connectivity index (χ3n) is 5.45. The molecule has 0 spiro atoms. The summed E-state index contributed by atoms with van der Waals surface area (Å²) in [5.74, 6) is -0.0713. The van der Waals surface area contributed by atoms with Gasteiger partial charge in [-0.05, 0) is 65.9 Å². The third-order valence-corrected chi connectivity index (χ3v) is 6.14. The number of carbonyl (C=O) groups excluding carboxylic acids is 2. The van der Waals surface area contributed by atoms with Gasteiger partial charge in [0.25, 0.3) is 11.8 Å². The summed E-state index contributed by atoms with van der Waals surface area (Å²) >= 11 is 3.38. The molecule has 0 unspecified atom stereocenters. The molecule has 0 fully saturated rings. The van der Waals surface area contributed by atoms with E-state index in [2.05, 4.69) is 45.3 Å². The number of halogens is 1. The zero-order valence-electron chi connectivity index (χ0n) is 19.8. The highest BCUT2D eigenvalue weighted by Gasteiger charge is 2.18. The van der Waals surface area contributed by atoms with Crippen LogP contribution in [-0.2, 0) is 11.3 Å². The van der Waals surface area contributed by atoms with Crippen LogP contribution in [0, 0.1) is 12.8 Å². The van der Waals surface area contributed by atoms with Gasteiger partial charge in [-0.1, -0.05) is 44.0 Å². The first kappa shape index (κ1) is 25.6. The number of rotatable bonds is 10. The molecule has 0 bridgehead atoms. The predicted octanol–water partition coefficient (Wildman–Crippen LogP) is 6.67. The number of benzene rings is 2. The second-order valence-corrected chi connectivity index (χ2v) is 9.69. The van der Waals surface area contributed by atoms with Crippen molar-refractivity contribution in [2.75, 3.05) is 6.54 Å². The van der Waals surface area contributed by atoms with E-state index in [1.54, 1.807) is 6.07 Å². The van der Waals surface area contributed by atoms with Crippen LogP contribution >= 0.6 is 15.9 Å². The van der Waals surface area contributed by atoms with Crippen LogP contribution in [0.4, 0.5) is 5.69 Å². The summed E-state index contributed by atoms with van der Waals surface area (Å²) in [5.41, 5.74) is 2.86. The second kappa shape index (κ2) is 11.9. The lowest BCUT2D eigenvalue weighted by atomic mass is 10.1. The van der Waals surface area contributed by atoms with Crippen molar-refractivity contribution in [3.63, 3.8) is 0 Å². The van der Waals surface area contributed by atoms with E-state index in [0.29, 0.717) is 36.7 Å². The Morgan fingerprint density at radius 1 is 1.12 bits per heavy atom. The van der Waals surface area contributed by atoms with E-state index < -0.39 is 0 Å². The maximum atomic E-state index is 12.3. The topological polar surface area (TPSA) is 96.1 Å². The first-order valence-electron chi connectivity index (χ1n) is 11.6. The Morgan fingerprint density at radius 2 is 1.88 bits per heavy atom. The van der Waals surface area contributed by atoms with Gasteiger partial charge < -0.3 is 15.0 Å². The van der Waals surface area contributed by atoms with Crippen molar-refractivity contribution in [3.05, 3.63) is 58.1 Å². The molecule has 8 heteroatoms. The molecule has 2 amide bonds. The van der Waals surface area contributed by atoms with Crippen LogP contribution in [0.5, 0.6) is 5.88 Å². The normalized spacial score (nSPS) is 11.6. The van der Waals surface area contributed by atoms with Gasteiger partial charge in [-0.25, -0.2) is 0 Å². The van der Waals surface area contributed by atoms with E-state index in [-0.39, 0.29) is 24.1 Å². The second-order valence-electron chi connectivity index (χ2n) is 8.84. The highest BCUT2D eigenvalue weighted by atomic mass is 79.9. The average molecular weight is 527 g/mol. The number of azo groups is 1. The minimum absolute atomic E-state index is 0.0339. The quantitative estimate of drug-likeness (QED) is 0.228. The number of hydrogen-bond acceptors (Lipinski definition) is 4. The van der Waals surface area contributed by atoms with Crippen LogP contribution in [-0.4, -0.2) is 28.0 Å². The Morgan fingerprint density at radius 3 is 2.62 bits per heavy atom. The monoisotopic (exact) mass is 526 g/mol. The van der Waals surface area contributed by atoms with Crippen LogP contribution in [0.1, 0.15) is 55.5 Å². The lowest BCUT2D eigenvalue weighted by Gasteiger charge is -2.09. The van der Waals surface area contributed by atoms with Crippen molar-refractivity contribution in [1.29, 1.82) is 0 Å². The van der Waals surface area contributed by atoms with Crippen LogP contribution in [0.25, 0.3) is 10.9 Å². The summed E-state index contributed by atoms with van der Waals surface area (Å²) in [4.78, 5) is 24.4. The molecule has 180 valence electrons. The Kier molecular flexibility index (Phi) is 8.98. The van der Waals surface area contributed by atoms with E-state index in [4.69, 9.17) is 0 Å². The van der Waals surface area contributed by atoms with Crippen LogP contribution in [0.3, 0.4) is 0 Å². The average Bonchev–Trinajstić information content (AvgIpc) is 3.04. The highest BCUT2D eigenvalue weighted by molar-refractivity contribution is 9.10. The molecule has 0 radical (unpaired) electrons. The maximum absolute atomic E-state index is 12.3. The third kappa shape index (κ3) is 6.53. The van der Waals surface area contributed by atoms with Gasteiger partial charge in [0.1, 0.15) is 0 Å². The zero-order valence-corrected chi connectivity index (χ0v) is 21.4. The lowest BCUT2D eigenvalue weighted by Crippen LogP contribution is -2.24. The van der Waals surface area contributed by atoms with Crippen molar-refractivity contribution in [1.82, 2.24) is 9.88 Å². The summed E-state index contributed by atoms with van der Waals surface area (Å²) in [6.45, 7) is 7.32. The van der Waals surface area contributed by atoms with Gasteiger partial charge in [0.15, 0.2) is 5.69 Å². The summed E-state index contributed by atoms with van der Waals surface area (Å²) in [6, 6.07) is 13.2. The zero-order chi connectivity index (χ0) is 24.7. The molecule has 34 heavy (non-hydrogen) atoms. The summed E-state index contributed by atoms with van der Waals surface area (Å²) < 4.78 is 2.58. The van der Waals surface area contributed by atoms with Gasteiger partial charge in [-0.3, -0.25) is 9.59 Å². The molecule has 0 saturated heterocycles. The summed E-state index contributed by atoms with van der Waals surface area (Å²) in [5, 5.41) is 22.4. The number of aromatic hydroxyl groups is 1. The Hall–Kier alpha value is -3.00. The molecular weight excluding hydrogens is 496 g/mol. The smallest absolute Gasteiger partial charge is 0.264 e. The molecule has 2 aromatic carbocycles. The molecule has 1 aromatic heterocycles. The fraction of sp³-hybridized carbons (Fsp3) is 0.385. The number of carbonyl (C=O) groups is 2. The number of fused-ring (bicyclic) bond motifs is 1. The largest absolute Gasteiger partial charge is 0.493 e. The van der Waals surface area contributed by atoms with E-state index in [1.807, 2.05) is 47.9 Å². The van der Waals surface area contributed by atoms with Gasteiger partial charge in [0.05, 0.1) is 11.1 Å². The number of aromatic nitrogens is 1. The molecule has 0 aliphatic rings. The molecule has 3 aromatic rings. The molecule has 3 rings (SSSR count). The standard InChI is InChI=1S/C26H31BrN4O3/c1-17(2)16-31-22-13-12-18(3)15-20(22)24(26(31)34)30-29-23(32)11-5-4-8-14-28-25(33)19-9-6-7-10-21(19)27/h6-7,9-10,12-13,15,17,34H,4-5,8,11,14,16H2,1-3H3,(H,28,33). The fourth-order valence-electron chi connectivity index (χ4n) is 3.76. The van der Waals surface area contributed by atoms with Gasteiger partial charge >= 0.3 is 0 Å². The van der Waals surface area contributed by atoms with E-state index in [0.717, 1.165) is 33.8 Å². The molecular formula is C26H31BrN4O3. The van der Waals surface area contributed by atoms with Crippen molar-refractivity contribution in [2.45, 2.75) is 53.0 Å². The highest BCUT2D eigenvalue weighted by Crippen LogP contribution is 2.39. The number of nitrogens with one attached hydrogen (secondary N) is 1. The molecule has 7 nitrogen and oxygen atoms in total. The van der Waals surface area contributed by atoms with Gasteiger partial charge in [-0.15, -0.1) is 10.2 Å². The van der Waals surface area contributed by atoms with Crippen molar-refractivity contribution >= 4 is 44.3 Å². The predicted molar refractivity (Wildman–Crippen MR) is 138 cm³/mol. The first-order chi connectivity index (χ1) is 16.3. The maximum Gasteiger partial charge on any atom is 0.264 e. The molecule has 0 atom stereocenters. The summed E-state index contributed by atoms with van der Waals surface area (Å²) in [7, 11) is 0. The van der Waals surface area contributed by atoms with Crippen LogP contribution in [0.15, 0.2) is 57.2 Å². The van der Waals surface area contributed by atoms with Crippen molar-refractivity contribution < 1.29 is 14.7 Å². The van der Waals surface area contributed by atoms with Gasteiger partial charge in [0.2, 0.25) is 5.88 Å². The number of nitrogens with zero attached hydrogens (tertiary/aromatic N) is 3. The van der Waals surface area contributed by atoms with E-state index >= 15 is 0 Å². The van der Waals surface area contributed by atoms with E-state index in [1.165, 1.54) is 0 Å². The van der Waals surface area contributed by atoms with Crippen LogP contribution < -0.4 is 5.32 Å². The first-order valence-corrected chi connectivity index (χ1v) is 12.4. The van der Waals surface area contributed by atoms with Gasteiger partial charge in [0, 0.05) is 29.4 Å².